The largest absolute Gasteiger partial charge is 0.295 e. The Bertz CT molecular complexity index is 28.6. The first kappa shape index (κ1) is 8.83. The van der Waals surface area contributed by atoms with Crippen molar-refractivity contribution in [3.63, 3.8) is 0 Å². The van der Waals surface area contributed by atoms with Gasteiger partial charge in [-0.15, -0.1) is 0 Å². The molecule has 0 aliphatic rings. The van der Waals surface area contributed by atoms with Crippen LogP contribution in [0.5, 0.6) is 0 Å². The van der Waals surface area contributed by atoms with Gasteiger partial charge in [0, 0.05) is 0 Å². The minimum absolute atomic E-state index is 0. The number of rotatable bonds is 1. The first-order chi connectivity index (χ1) is 1.91. The molecule has 0 radical (unpaired) electrons. The average molecular weight is 92.1 g/mol. The van der Waals surface area contributed by atoms with Crippen molar-refractivity contribution >= 4 is 26.1 Å². The van der Waals surface area contributed by atoms with Crippen molar-refractivity contribution in [2.75, 3.05) is 0 Å². The first-order valence-electron chi connectivity index (χ1n) is 0.805. The van der Waals surface area contributed by atoms with Crippen LogP contribution >= 0.6 is 13.5 Å². The van der Waals surface area contributed by atoms with Crippen LogP contribution in [0.1, 0.15) is 0 Å². The molecule has 0 heterocycles. The van der Waals surface area contributed by atoms with Gasteiger partial charge >= 0.3 is 0 Å². The fourth-order valence-electron chi connectivity index (χ4n) is 0. The topological polar surface area (TPSA) is 34.1 Å². The van der Waals surface area contributed by atoms with Gasteiger partial charge < -0.3 is 0 Å². The molecule has 0 fully saturated rings. The summed E-state index contributed by atoms with van der Waals surface area (Å²) in [5.41, 5.74) is 0. The Hall–Kier alpha value is -0.310. The van der Waals surface area contributed by atoms with E-state index in [4.69, 9.17) is 9.59 Å². The lowest BCUT2D eigenvalue weighted by Crippen LogP contribution is -1.62. The van der Waals surface area contributed by atoms with Crippen LogP contribution in [-0.4, -0.2) is 12.6 Å². The Morgan fingerprint density at radius 1 is 1.00 bits per heavy atom. The van der Waals surface area contributed by atoms with E-state index in [1.807, 2.05) is 0 Å². The molecule has 30 valence electrons. The molecule has 0 aromatic rings. The van der Waals surface area contributed by atoms with Gasteiger partial charge in [-0.2, -0.15) is 13.5 Å². The van der Waals surface area contributed by atoms with Crippen LogP contribution in [-0.2, 0) is 9.59 Å². The Labute approximate surface area is 36.6 Å². The van der Waals surface area contributed by atoms with Gasteiger partial charge in [0.25, 0.3) is 0 Å². The zero-order chi connectivity index (χ0) is 3.41. The first-order valence-corrected chi connectivity index (χ1v) is 0.805. The highest BCUT2D eigenvalue weighted by Gasteiger charge is 1.47. The Balaban J connectivity index is 0. The lowest BCUT2D eigenvalue weighted by molar-refractivity contribution is -0.122. The Kier molecular flexibility index (Phi) is 16.5. The number of hydrogen-bond acceptors (Lipinski definition) is 2. The standard InChI is InChI=1S/C2H2O2.H2S/c3-1-2-4;/h1-2H;1H2. The third-order valence-corrected chi connectivity index (χ3v) is 0.0556. The second-order valence-electron chi connectivity index (χ2n) is 0.272. The summed E-state index contributed by atoms with van der Waals surface area (Å²) in [6, 6.07) is 0. The molecule has 0 aliphatic heterocycles. The Morgan fingerprint density at radius 2 is 1.20 bits per heavy atom. The summed E-state index contributed by atoms with van der Waals surface area (Å²) < 4.78 is 0. The molecule has 0 saturated heterocycles. The SMILES string of the molecule is O=CC=O.S. The molecule has 0 spiro atoms. The summed E-state index contributed by atoms with van der Waals surface area (Å²) in [5.74, 6) is 0. The minimum Gasteiger partial charge on any atom is -0.295 e. The van der Waals surface area contributed by atoms with Crippen LogP contribution in [0.25, 0.3) is 0 Å². The van der Waals surface area contributed by atoms with E-state index in [-0.39, 0.29) is 26.1 Å². The highest BCUT2D eigenvalue weighted by molar-refractivity contribution is 7.59. The molecule has 0 bridgehead atoms. The molecule has 0 aromatic heterocycles. The van der Waals surface area contributed by atoms with Crippen molar-refractivity contribution < 1.29 is 9.59 Å². The fourth-order valence-corrected chi connectivity index (χ4v) is 0. The molecule has 0 amide bonds. The van der Waals surface area contributed by atoms with E-state index in [0.29, 0.717) is 0 Å². The highest BCUT2D eigenvalue weighted by Crippen LogP contribution is 1.12. The van der Waals surface area contributed by atoms with Gasteiger partial charge in [0.05, 0.1) is 0 Å². The van der Waals surface area contributed by atoms with Crippen LogP contribution in [0.4, 0.5) is 0 Å². The second-order valence-corrected chi connectivity index (χ2v) is 0.272. The van der Waals surface area contributed by atoms with E-state index in [1.54, 1.807) is 0 Å². The van der Waals surface area contributed by atoms with Crippen LogP contribution in [0.15, 0.2) is 0 Å². The molecule has 2 nitrogen and oxygen atoms in total. The smallest absolute Gasteiger partial charge is 0.182 e. The number of carbonyl (C=O) groups is 2. The van der Waals surface area contributed by atoms with Gasteiger partial charge in [0.15, 0.2) is 12.6 Å². The van der Waals surface area contributed by atoms with Crippen LogP contribution in [0.3, 0.4) is 0 Å². The van der Waals surface area contributed by atoms with Crippen molar-refractivity contribution in [3.05, 3.63) is 0 Å². The molecule has 0 aliphatic carbocycles. The summed E-state index contributed by atoms with van der Waals surface area (Å²) in [6.07, 6.45) is 0.389. The maximum absolute atomic E-state index is 8.81. The molecular formula is C2H4O2S. The summed E-state index contributed by atoms with van der Waals surface area (Å²) in [7, 11) is 0. The third kappa shape index (κ3) is 22.1. The number of hydrogen-bond donors (Lipinski definition) is 0. The zero-order valence-electron chi connectivity index (χ0n) is 2.47. The number of carbonyl (C=O) groups excluding carboxylic acids is 2. The molecular weight excluding hydrogens is 88.1 g/mol. The summed E-state index contributed by atoms with van der Waals surface area (Å²) in [5, 5.41) is 0. The van der Waals surface area contributed by atoms with E-state index in [1.165, 1.54) is 0 Å². The van der Waals surface area contributed by atoms with Gasteiger partial charge in [-0.3, -0.25) is 9.59 Å². The van der Waals surface area contributed by atoms with Crippen LogP contribution in [0.2, 0.25) is 0 Å². The normalized spacial score (nSPS) is 4.00. The van der Waals surface area contributed by atoms with Crippen molar-refractivity contribution in [2.24, 2.45) is 0 Å². The molecule has 5 heavy (non-hydrogen) atoms. The summed E-state index contributed by atoms with van der Waals surface area (Å²) >= 11 is 0. The van der Waals surface area contributed by atoms with Gasteiger partial charge in [-0.25, -0.2) is 0 Å². The third-order valence-electron chi connectivity index (χ3n) is 0.0556. The monoisotopic (exact) mass is 92.0 g/mol. The zero-order valence-corrected chi connectivity index (χ0v) is 3.47. The maximum atomic E-state index is 8.81. The van der Waals surface area contributed by atoms with Gasteiger partial charge in [0.2, 0.25) is 0 Å². The predicted octanol–water partition coefficient (Wildman–Crippen LogP) is -0.503. The molecule has 3 heteroatoms. The van der Waals surface area contributed by atoms with Crippen molar-refractivity contribution in [1.29, 1.82) is 0 Å². The Morgan fingerprint density at radius 3 is 1.20 bits per heavy atom. The van der Waals surface area contributed by atoms with E-state index in [2.05, 4.69) is 0 Å². The quantitative estimate of drug-likeness (QED) is 0.322. The molecule has 0 saturated carbocycles. The van der Waals surface area contributed by atoms with Gasteiger partial charge in [-0.05, 0) is 0 Å². The van der Waals surface area contributed by atoms with E-state index in [0.717, 1.165) is 0 Å². The fraction of sp³-hybridized carbons (Fsp3) is 0. The molecule has 0 rings (SSSR count). The number of aldehydes is 2. The van der Waals surface area contributed by atoms with Gasteiger partial charge in [-0.1, -0.05) is 0 Å². The summed E-state index contributed by atoms with van der Waals surface area (Å²) in [6.45, 7) is 0. The summed E-state index contributed by atoms with van der Waals surface area (Å²) in [4.78, 5) is 17.6. The minimum atomic E-state index is 0. The van der Waals surface area contributed by atoms with E-state index < -0.39 is 0 Å². The predicted molar refractivity (Wildman–Crippen MR) is 22.5 cm³/mol. The molecule has 0 N–H and O–H groups in total. The van der Waals surface area contributed by atoms with E-state index >= 15 is 0 Å². The average Bonchev–Trinajstić information content (AvgIpc) is 1.37. The van der Waals surface area contributed by atoms with Gasteiger partial charge in [0.1, 0.15) is 0 Å². The van der Waals surface area contributed by atoms with Crippen LogP contribution < -0.4 is 0 Å². The maximum Gasteiger partial charge on any atom is 0.182 e. The molecule has 0 atom stereocenters. The molecule has 0 aromatic carbocycles. The van der Waals surface area contributed by atoms with Crippen molar-refractivity contribution in [3.8, 4) is 0 Å². The highest BCUT2D eigenvalue weighted by atomic mass is 32.1. The lowest BCUT2D eigenvalue weighted by atomic mass is 10.9. The second kappa shape index (κ2) is 9.35. The lowest BCUT2D eigenvalue weighted by Gasteiger charge is -1.31. The van der Waals surface area contributed by atoms with Crippen LogP contribution in [0, 0.1) is 0 Å². The molecule has 0 unspecified atom stereocenters. The van der Waals surface area contributed by atoms with E-state index in [9.17, 15) is 0 Å². The van der Waals surface area contributed by atoms with Crippen molar-refractivity contribution in [1.82, 2.24) is 0 Å². The van der Waals surface area contributed by atoms with Crippen molar-refractivity contribution in [2.45, 2.75) is 0 Å².